The Labute approximate surface area is 219 Å². The number of methoxy groups -OCH3 is 1. The number of hydrogen-bond donors (Lipinski definition) is 1. The van der Waals surface area contributed by atoms with Crippen LogP contribution in [0, 0.1) is 39.9 Å². The average molecular weight is 517 g/mol. The van der Waals surface area contributed by atoms with Crippen molar-refractivity contribution in [3.63, 3.8) is 0 Å². The molecule has 4 aliphatic rings. The van der Waals surface area contributed by atoms with Crippen LogP contribution < -0.4 is 5.32 Å². The van der Waals surface area contributed by atoms with Gasteiger partial charge in [-0.25, -0.2) is 4.79 Å². The Hall–Kier alpha value is -4.06. The van der Waals surface area contributed by atoms with Crippen molar-refractivity contribution in [2.24, 2.45) is 28.6 Å². The van der Waals surface area contributed by atoms with Gasteiger partial charge in [-0.05, 0) is 61.1 Å². The second-order valence-electron chi connectivity index (χ2n) is 11.0. The van der Waals surface area contributed by atoms with E-state index in [1.807, 2.05) is 13.0 Å². The molecule has 6 rings (SSSR count). The fourth-order valence-corrected chi connectivity index (χ4v) is 7.46. The van der Waals surface area contributed by atoms with E-state index < -0.39 is 41.0 Å². The number of benzene rings is 1. The monoisotopic (exact) mass is 516 g/mol. The van der Waals surface area contributed by atoms with Crippen LogP contribution in [0.1, 0.15) is 49.8 Å². The fourth-order valence-electron chi connectivity index (χ4n) is 7.46. The van der Waals surface area contributed by atoms with Gasteiger partial charge in [0.05, 0.1) is 42.9 Å². The minimum Gasteiger partial charge on any atom is -0.501 e. The first-order chi connectivity index (χ1) is 18.3. The van der Waals surface area contributed by atoms with Crippen molar-refractivity contribution in [1.29, 1.82) is 5.26 Å². The van der Waals surface area contributed by atoms with Crippen molar-refractivity contribution in [3.8, 4) is 6.07 Å². The average Bonchev–Trinajstić information content (AvgIpc) is 3.43. The molecule has 1 amide bonds. The number of carbonyl (C=O) groups excluding carboxylic acids is 3. The fraction of sp³-hybridized carbons (Fsp3) is 0.448. The molecule has 1 saturated heterocycles. The van der Waals surface area contributed by atoms with Crippen molar-refractivity contribution in [3.05, 3.63) is 65.8 Å². The number of Topliss-reactive ketones (excluding diaryl/α,β-unsaturated/α-hetero) is 1. The molecule has 0 bridgehead atoms. The molecule has 1 N–H and O–H groups in total. The SMILES string of the molecule is COC1=C[C@@]23CC[C@H]4C(=O)O[C@H](c5ccoc5)C[C@]4(C)[C@H]2C(=O)[C@@H](OC(=O)Nc2ccc(C#N)cc2)C[C@@H]13. The standard InChI is InChI=1S/C29H28N2O7/c1-28-12-22(17-8-10-36-15-17)37-26(33)19(28)7-9-29-13-23(35-2)20(29)11-21(24(32)25(28)29)38-27(34)31-18-5-3-16(14-30)4-6-18/h3-6,8,10,13,15,19-22,25H,7,9,11-12H2,1-2H3,(H,31,34)/t19-,20-,21-,22-,25+,28-,29+/m0/s1. The summed E-state index contributed by atoms with van der Waals surface area (Å²) < 4.78 is 22.4. The number of nitrogens with zero attached hydrogens (tertiary/aromatic N) is 1. The Morgan fingerprint density at radius 3 is 2.66 bits per heavy atom. The van der Waals surface area contributed by atoms with E-state index in [0.717, 1.165) is 11.3 Å². The third-order valence-corrected chi connectivity index (χ3v) is 9.14. The summed E-state index contributed by atoms with van der Waals surface area (Å²) in [4.78, 5) is 40.3. The van der Waals surface area contributed by atoms with E-state index in [-0.39, 0.29) is 17.7 Å². The summed E-state index contributed by atoms with van der Waals surface area (Å²) in [5, 5.41) is 11.6. The molecule has 7 atom stereocenters. The number of rotatable bonds is 4. The molecule has 0 unspecified atom stereocenters. The van der Waals surface area contributed by atoms with Gasteiger partial charge in [0.2, 0.25) is 0 Å². The summed E-state index contributed by atoms with van der Waals surface area (Å²) in [6.45, 7) is 2.00. The van der Waals surface area contributed by atoms with Crippen LogP contribution in [-0.2, 0) is 23.8 Å². The number of ketones is 1. The van der Waals surface area contributed by atoms with Gasteiger partial charge < -0.3 is 18.6 Å². The Kier molecular flexibility index (Phi) is 5.60. The Balaban J connectivity index is 1.30. The predicted octanol–water partition coefficient (Wildman–Crippen LogP) is 4.91. The lowest BCUT2D eigenvalue weighted by Gasteiger charge is -2.64. The number of nitriles is 1. The first-order valence-electron chi connectivity index (χ1n) is 12.8. The minimum absolute atomic E-state index is 0.0917. The number of nitrogens with one attached hydrogen (secondary N) is 1. The molecule has 1 aliphatic heterocycles. The van der Waals surface area contributed by atoms with Gasteiger partial charge in [0, 0.05) is 34.9 Å². The number of hydrogen-bond acceptors (Lipinski definition) is 8. The zero-order valence-corrected chi connectivity index (χ0v) is 21.1. The number of allylic oxidation sites excluding steroid dienone is 2. The molecule has 1 spiro atoms. The second-order valence-corrected chi connectivity index (χ2v) is 11.0. The third kappa shape index (κ3) is 3.54. The highest BCUT2D eigenvalue weighted by Gasteiger charge is 2.70. The molecular formula is C29H28N2O7. The van der Waals surface area contributed by atoms with Crippen molar-refractivity contribution in [1.82, 2.24) is 0 Å². The van der Waals surface area contributed by atoms with Gasteiger partial charge in [0.25, 0.3) is 0 Å². The summed E-state index contributed by atoms with van der Waals surface area (Å²) in [5.41, 5.74) is 0.526. The number of cyclic esters (lactones) is 1. The number of ether oxygens (including phenoxy) is 3. The largest absolute Gasteiger partial charge is 0.501 e. The highest BCUT2D eigenvalue weighted by molar-refractivity contribution is 5.94. The number of carbonyl (C=O) groups is 3. The lowest BCUT2D eigenvalue weighted by Crippen LogP contribution is -2.66. The number of esters is 1. The predicted molar refractivity (Wildman–Crippen MR) is 132 cm³/mol. The van der Waals surface area contributed by atoms with E-state index in [0.29, 0.717) is 36.9 Å². The maximum Gasteiger partial charge on any atom is 0.412 e. The van der Waals surface area contributed by atoms with Gasteiger partial charge in [0.1, 0.15) is 6.10 Å². The molecule has 2 heterocycles. The Morgan fingerprint density at radius 1 is 1.18 bits per heavy atom. The molecule has 38 heavy (non-hydrogen) atoms. The van der Waals surface area contributed by atoms with Crippen molar-refractivity contribution in [2.75, 3.05) is 12.4 Å². The molecule has 3 aliphatic carbocycles. The first-order valence-corrected chi connectivity index (χ1v) is 12.8. The first kappa shape index (κ1) is 24.3. The van der Waals surface area contributed by atoms with Crippen LogP contribution in [0.3, 0.4) is 0 Å². The molecule has 1 aromatic heterocycles. The number of anilines is 1. The van der Waals surface area contributed by atoms with Gasteiger partial charge >= 0.3 is 12.1 Å². The lowest BCUT2D eigenvalue weighted by atomic mass is 9.39. The van der Waals surface area contributed by atoms with Crippen molar-refractivity contribution in [2.45, 2.75) is 44.8 Å². The van der Waals surface area contributed by atoms with Gasteiger partial charge in [-0.1, -0.05) is 6.92 Å². The normalized spacial score (nSPS) is 35.2. The quantitative estimate of drug-likeness (QED) is 0.568. The van der Waals surface area contributed by atoms with E-state index in [4.69, 9.17) is 23.9 Å². The lowest BCUT2D eigenvalue weighted by molar-refractivity contribution is -0.205. The summed E-state index contributed by atoms with van der Waals surface area (Å²) in [6, 6.07) is 10.2. The molecule has 0 radical (unpaired) electrons. The minimum atomic E-state index is -0.990. The molecule has 1 aromatic carbocycles. The summed E-state index contributed by atoms with van der Waals surface area (Å²) >= 11 is 0. The van der Waals surface area contributed by atoms with E-state index in [1.54, 1.807) is 43.7 Å². The maximum atomic E-state index is 14.2. The molecule has 2 aromatic rings. The number of furan rings is 1. The van der Waals surface area contributed by atoms with Gasteiger partial charge in [0.15, 0.2) is 11.9 Å². The van der Waals surface area contributed by atoms with Gasteiger partial charge in [-0.2, -0.15) is 5.26 Å². The Morgan fingerprint density at radius 2 is 1.97 bits per heavy atom. The van der Waals surface area contributed by atoms with E-state index >= 15 is 0 Å². The van der Waals surface area contributed by atoms with Crippen LogP contribution in [0.4, 0.5) is 10.5 Å². The van der Waals surface area contributed by atoms with Crippen LogP contribution in [0.5, 0.6) is 0 Å². The maximum absolute atomic E-state index is 14.2. The molecule has 9 heteroatoms. The summed E-state index contributed by atoms with van der Waals surface area (Å²) in [5.74, 6) is -0.753. The van der Waals surface area contributed by atoms with Crippen LogP contribution in [0.25, 0.3) is 0 Å². The topological polar surface area (TPSA) is 128 Å². The highest BCUT2D eigenvalue weighted by Crippen LogP contribution is 2.70. The van der Waals surface area contributed by atoms with Gasteiger partial charge in [-0.15, -0.1) is 0 Å². The summed E-state index contributed by atoms with van der Waals surface area (Å²) in [6.07, 6.45) is 4.98. The molecular weight excluding hydrogens is 488 g/mol. The number of amides is 1. The molecule has 3 fully saturated rings. The summed E-state index contributed by atoms with van der Waals surface area (Å²) in [7, 11) is 1.61. The molecule has 2 saturated carbocycles. The number of fused-ring (bicyclic) bond motifs is 2. The van der Waals surface area contributed by atoms with Gasteiger partial charge in [-0.3, -0.25) is 14.9 Å². The zero-order valence-electron chi connectivity index (χ0n) is 21.1. The van der Waals surface area contributed by atoms with Crippen molar-refractivity contribution >= 4 is 23.5 Å². The van der Waals surface area contributed by atoms with E-state index in [1.165, 1.54) is 6.26 Å². The van der Waals surface area contributed by atoms with E-state index in [2.05, 4.69) is 11.4 Å². The van der Waals surface area contributed by atoms with Crippen LogP contribution in [0.15, 0.2) is 59.1 Å². The smallest absolute Gasteiger partial charge is 0.412 e. The third-order valence-electron chi connectivity index (χ3n) is 9.14. The zero-order chi connectivity index (χ0) is 26.7. The van der Waals surface area contributed by atoms with Crippen LogP contribution in [-0.4, -0.2) is 31.1 Å². The Bertz CT molecular complexity index is 1360. The highest BCUT2D eigenvalue weighted by atomic mass is 16.6. The van der Waals surface area contributed by atoms with E-state index in [9.17, 15) is 14.4 Å². The second kappa shape index (κ2) is 8.76. The van der Waals surface area contributed by atoms with Crippen LogP contribution in [0.2, 0.25) is 0 Å². The van der Waals surface area contributed by atoms with Crippen LogP contribution >= 0.6 is 0 Å². The van der Waals surface area contributed by atoms with Crippen molar-refractivity contribution < 1.29 is 33.0 Å². The molecule has 196 valence electrons. The molecule has 9 nitrogen and oxygen atoms in total.